The second kappa shape index (κ2) is 5.76. The average Bonchev–Trinajstić information content (AvgIpc) is 2.91. The quantitative estimate of drug-likeness (QED) is 0.595. The van der Waals surface area contributed by atoms with Crippen molar-refractivity contribution in [2.24, 2.45) is 5.84 Å². The number of nitrogens with one attached hydrogen (secondary N) is 2. The van der Waals surface area contributed by atoms with Gasteiger partial charge in [-0.2, -0.15) is 0 Å². The fourth-order valence-corrected chi connectivity index (χ4v) is 2.50. The lowest BCUT2D eigenvalue weighted by atomic mass is 9.96. The van der Waals surface area contributed by atoms with Crippen LogP contribution in [0.3, 0.4) is 0 Å². The molecule has 20 heavy (non-hydrogen) atoms. The molecule has 6 heteroatoms. The predicted molar refractivity (Wildman–Crippen MR) is 84.9 cm³/mol. The molecule has 0 bridgehead atoms. The molecule has 0 saturated carbocycles. The summed E-state index contributed by atoms with van der Waals surface area (Å²) in [5.41, 5.74) is 2.47. The van der Waals surface area contributed by atoms with Gasteiger partial charge in [0.1, 0.15) is 17.5 Å². The summed E-state index contributed by atoms with van der Waals surface area (Å²) in [6, 6.07) is 6.17. The van der Waals surface area contributed by atoms with Crippen molar-refractivity contribution in [3.8, 4) is 0 Å². The van der Waals surface area contributed by atoms with Gasteiger partial charge in [0.25, 0.3) is 0 Å². The maximum absolute atomic E-state index is 5.49. The molecule has 1 atom stereocenters. The number of hydrogen-bond acceptors (Lipinski definition) is 6. The van der Waals surface area contributed by atoms with E-state index in [4.69, 9.17) is 5.84 Å². The molecule has 0 amide bonds. The van der Waals surface area contributed by atoms with Crippen LogP contribution in [0.2, 0.25) is 0 Å². The molecular formula is C14H21N5S. The number of nitrogens with two attached hydrogens (primary N) is 1. The Balaban J connectivity index is 2.27. The average molecular weight is 291 g/mol. The number of hydrazine groups is 1. The first-order valence-corrected chi connectivity index (χ1v) is 7.44. The van der Waals surface area contributed by atoms with Crippen molar-refractivity contribution in [1.82, 2.24) is 9.97 Å². The number of thiophene rings is 1. The summed E-state index contributed by atoms with van der Waals surface area (Å²) >= 11 is 1.72. The van der Waals surface area contributed by atoms with Crippen molar-refractivity contribution >= 4 is 23.0 Å². The second-order valence-electron chi connectivity index (χ2n) is 5.74. The van der Waals surface area contributed by atoms with E-state index in [1.807, 2.05) is 12.1 Å². The Morgan fingerprint density at radius 2 is 1.95 bits per heavy atom. The van der Waals surface area contributed by atoms with E-state index < -0.39 is 0 Å². The van der Waals surface area contributed by atoms with Crippen LogP contribution in [0.4, 0.5) is 11.6 Å². The van der Waals surface area contributed by atoms with E-state index in [0.717, 1.165) is 11.6 Å². The second-order valence-corrected chi connectivity index (χ2v) is 6.72. The van der Waals surface area contributed by atoms with Gasteiger partial charge in [-0.15, -0.1) is 11.3 Å². The van der Waals surface area contributed by atoms with E-state index in [-0.39, 0.29) is 11.5 Å². The Hall–Kier alpha value is -1.66. The third kappa shape index (κ3) is 3.46. The molecule has 1 unspecified atom stereocenters. The molecule has 0 saturated heterocycles. The minimum absolute atomic E-state index is 0.130. The normalized spacial score (nSPS) is 13.1. The summed E-state index contributed by atoms with van der Waals surface area (Å²) < 4.78 is 0. The van der Waals surface area contributed by atoms with Crippen LogP contribution in [0.5, 0.6) is 0 Å². The smallest absolute Gasteiger partial charge is 0.145 e. The molecule has 0 spiro atoms. The highest BCUT2D eigenvalue weighted by Gasteiger charge is 2.19. The summed E-state index contributed by atoms with van der Waals surface area (Å²) in [5, 5.41) is 5.47. The largest absolute Gasteiger partial charge is 0.363 e. The lowest BCUT2D eigenvalue weighted by molar-refractivity contribution is 0.546. The van der Waals surface area contributed by atoms with Crippen LogP contribution in [-0.2, 0) is 5.41 Å². The zero-order chi connectivity index (χ0) is 14.8. The number of rotatable bonds is 4. The maximum atomic E-state index is 5.49. The first-order valence-electron chi connectivity index (χ1n) is 6.56. The van der Waals surface area contributed by atoms with Gasteiger partial charge in [0.05, 0.1) is 6.04 Å². The van der Waals surface area contributed by atoms with Crippen LogP contribution in [0.1, 0.15) is 44.4 Å². The molecule has 2 aromatic heterocycles. The monoisotopic (exact) mass is 291 g/mol. The summed E-state index contributed by atoms with van der Waals surface area (Å²) in [4.78, 5) is 10.3. The third-order valence-electron chi connectivity index (χ3n) is 2.88. The van der Waals surface area contributed by atoms with Gasteiger partial charge in [-0.05, 0) is 18.4 Å². The fraction of sp³-hybridized carbons (Fsp3) is 0.429. The van der Waals surface area contributed by atoms with Crippen LogP contribution in [0, 0.1) is 0 Å². The molecule has 2 heterocycles. The Morgan fingerprint density at radius 1 is 1.25 bits per heavy atom. The van der Waals surface area contributed by atoms with E-state index >= 15 is 0 Å². The molecule has 0 fully saturated rings. The molecule has 0 aliphatic carbocycles. The van der Waals surface area contributed by atoms with E-state index in [1.165, 1.54) is 4.88 Å². The molecule has 0 aliphatic heterocycles. The number of nitrogen functional groups attached to an aromatic ring is 1. The van der Waals surface area contributed by atoms with Gasteiger partial charge in [-0.25, -0.2) is 15.8 Å². The Kier molecular flexibility index (Phi) is 4.25. The van der Waals surface area contributed by atoms with E-state index in [2.05, 4.69) is 59.9 Å². The van der Waals surface area contributed by atoms with Crippen LogP contribution < -0.4 is 16.6 Å². The van der Waals surface area contributed by atoms with Crippen molar-refractivity contribution in [2.75, 3.05) is 10.7 Å². The number of nitrogens with zero attached hydrogens (tertiary/aromatic N) is 2. The van der Waals surface area contributed by atoms with E-state index in [9.17, 15) is 0 Å². The number of aromatic nitrogens is 2. The Morgan fingerprint density at radius 3 is 2.50 bits per heavy atom. The van der Waals surface area contributed by atoms with Gasteiger partial charge in [0.15, 0.2) is 0 Å². The van der Waals surface area contributed by atoms with Crippen LogP contribution in [0.15, 0.2) is 23.6 Å². The van der Waals surface area contributed by atoms with E-state index in [0.29, 0.717) is 5.82 Å². The molecule has 2 rings (SSSR count). The van der Waals surface area contributed by atoms with Crippen molar-refractivity contribution in [3.63, 3.8) is 0 Å². The minimum Gasteiger partial charge on any atom is -0.363 e. The van der Waals surface area contributed by atoms with Gasteiger partial charge in [0, 0.05) is 16.4 Å². The molecule has 0 aromatic carbocycles. The number of anilines is 2. The van der Waals surface area contributed by atoms with E-state index in [1.54, 1.807) is 11.3 Å². The van der Waals surface area contributed by atoms with Crippen molar-refractivity contribution in [1.29, 1.82) is 0 Å². The van der Waals surface area contributed by atoms with Crippen LogP contribution in [-0.4, -0.2) is 9.97 Å². The molecule has 4 N–H and O–H groups in total. The fourth-order valence-electron chi connectivity index (χ4n) is 1.76. The summed E-state index contributed by atoms with van der Waals surface area (Å²) in [5.74, 6) is 7.64. The standard InChI is InChI=1S/C14H21N5S/c1-9(10-6-5-7-20-10)16-11-8-12(19-15)18-13(17-11)14(2,3)4/h5-9H,15H2,1-4H3,(H2,16,17,18,19). The van der Waals surface area contributed by atoms with Gasteiger partial charge < -0.3 is 10.7 Å². The SMILES string of the molecule is CC(Nc1cc(NN)nc(C(C)(C)C)n1)c1cccs1. The summed E-state index contributed by atoms with van der Waals surface area (Å²) in [6.45, 7) is 8.35. The van der Waals surface area contributed by atoms with Crippen LogP contribution in [0.25, 0.3) is 0 Å². The van der Waals surface area contributed by atoms with Crippen LogP contribution >= 0.6 is 11.3 Å². The van der Waals surface area contributed by atoms with Crippen molar-refractivity contribution in [3.05, 3.63) is 34.3 Å². The highest BCUT2D eigenvalue weighted by Crippen LogP contribution is 2.26. The molecule has 0 aliphatic rings. The molecule has 2 aromatic rings. The highest BCUT2D eigenvalue weighted by molar-refractivity contribution is 7.10. The van der Waals surface area contributed by atoms with Crippen molar-refractivity contribution < 1.29 is 0 Å². The van der Waals surface area contributed by atoms with Gasteiger partial charge >= 0.3 is 0 Å². The lowest BCUT2D eigenvalue weighted by Crippen LogP contribution is -2.20. The molecular weight excluding hydrogens is 270 g/mol. The van der Waals surface area contributed by atoms with Gasteiger partial charge in [-0.3, -0.25) is 0 Å². The van der Waals surface area contributed by atoms with Gasteiger partial charge in [0.2, 0.25) is 0 Å². The topological polar surface area (TPSA) is 75.9 Å². The highest BCUT2D eigenvalue weighted by atomic mass is 32.1. The Bertz CT molecular complexity index is 559. The third-order valence-corrected chi connectivity index (χ3v) is 3.93. The maximum Gasteiger partial charge on any atom is 0.145 e. The lowest BCUT2D eigenvalue weighted by Gasteiger charge is -2.20. The zero-order valence-corrected chi connectivity index (χ0v) is 13.1. The molecule has 108 valence electrons. The first kappa shape index (κ1) is 14.7. The van der Waals surface area contributed by atoms with Gasteiger partial charge in [-0.1, -0.05) is 26.8 Å². The summed E-state index contributed by atoms with van der Waals surface area (Å²) in [7, 11) is 0. The summed E-state index contributed by atoms with van der Waals surface area (Å²) in [6.07, 6.45) is 0. The number of hydrogen-bond donors (Lipinski definition) is 3. The minimum atomic E-state index is -0.130. The predicted octanol–water partition coefficient (Wildman–Crippen LogP) is 3.29. The molecule has 5 nitrogen and oxygen atoms in total. The first-order chi connectivity index (χ1) is 9.40. The zero-order valence-electron chi connectivity index (χ0n) is 12.3. The van der Waals surface area contributed by atoms with Crippen molar-refractivity contribution in [2.45, 2.75) is 39.2 Å². The molecule has 0 radical (unpaired) electrons. The Labute approximate surface area is 123 Å².